The van der Waals surface area contributed by atoms with Gasteiger partial charge in [-0.05, 0) is 30.7 Å². The fraction of sp³-hybridized carbons (Fsp3) is 0.353. The molecule has 0 fully saturated rings. The van der Waals surface area contributed by atoms with E-state index in [9.17, 15) is 8.78 Å². The van der Waals surface area contributed by atoms with E-state index in [1.54, 1.807) is 6.26 Å². The normalized spacial score (nSPS) is 12.4. The predicted octanol–water partition coefficient (Wildman–Crippen LogP) is 4.03. The molecule has 0 amide bonds. The van der Waals surface area contributed by atoms with E-state index in [1.165, 1.54) is 12.1 Å². The zero-order chi connectivity index (χ0) is 16.7. The number of benzene rings is 1. The summed E-state index contributed by atoms with van der Waals surface area (Å²) in [5.41, 5.74) is 0.473. The number of rotatable bonds is 6. The van der Waals surface area contributed by atoms with E-state index in [1.807, 2.05) is 26.0 Å². The molecule has 1 heterocycles. The summed E-state index contributed by atoms with van der Waals surface area (Å²) in [4.78, 5) is 4.41. The number of hydrogen-bond donors (Lipinski definition) is 2. The van der Waals surface area contributed by atoms with Crippen molar-refractivity contribution in [3.8, 4) is 0 Å². The standard InChI is InChI=1S/C17H21F2N3O.HI/c1-3-20-17(22-11-14-5-4-8-23-14)21-10-12(2)15-7-6-13(18)9-16(15)19;/h4-9,12H,3,10-11H2,1-2H3,(H2,20,21,22);1H. The van der Waals surface area contributed by atoms with E-state index >= 15 is 0 Å². The molecule has 24 heavy (non-hydrogen) atoms. The van der Waals surface area contributed by atoms with Gasteiger partial charge in [0.25, 0.3) is 0 Å². The third-order valence-electron chi connectivity index (χ3n) is 3.39. The molecule has 1 aromatic heterocycles. The van der Waals surface area contributed by atoms with Crippen LogP contribution in [0.5, 0.6) is 0 Å². The molecule has 0 bridgehead atoms. The van der Waals surface area contributed by atoms with Crippen molar-refractivity contribution in [1.82, 2.24) is 10.6 Å². The Kier molecular flexibility index (Phi) is 8.73. The molecule has 1 unspecified atom stereocenters. The number of furan rings is 1. The van der Waals surface area contributed by atoms with Gasteiger partial charge in [0, 0.05) is 25.1 Å². The van der Waals surface area contributed by atoms with Crippen LogP contribution in [0.3, 0.4) is 0 Å². The fourth-order valence-electron chi connectivity index (χ4n) is 2.16. The van der Waals surface area contributed by atoms with Crippen LogP contribution in [0.4, 0.5) is 8.78 Å². The van der Waals surface area contributed by atoms with Gasteiger partial charge in [0.2, 0.25) is 0 Å². The van der Waals surface area contributed by atoms with Gasteiger partial charge in [-0.3, -0.25) is 0 Å². The van der Waals surface area contributed by atoms with Crippen LogP contribution in [-0.4, -0.2) is 19.0 Å². The highest BCUT2D eigenvalue weighted by Crippen LogP contribution is 2.19. The molecule has 0 saturated carbocycles. The molecule has 1 aromatic carbocycles. The minimum Gasteiger partial charge on any atom is -0.467 e. The second-order valence-electron chi connectivity index (χ2n) is 5.22. The Bertz CT molecular complexity index is 647. The molecule has 1 atom stereocenters. The molecule has 132 valence electrons. The summed E-state index contributed by atoms with van der Waals surface area (Å²) in [5, 5.41) is 6.28. The first-order chi connectivity index (χ1) is 11.1. The van der Waals surface area contributed by atoms with E-state index in [-0.39, 0.29) is 29.9 Å². The number of halogens is 3. The van der Waals surface area contributed by atoms with Gasteiger partial charge in [-0.2, -0.15) is 0 Å². The van der Waals surface area contributed by atoms with Gasteiger partial charge >= 0.3 is 0 Å². The Morgan fingerprint density at radius 1 is 1.25 bits per heavy atom. The zero-order valence-corrected chi connectivity index (χ0v) is 16.0. The number of nitrogens with one attached hydrogen (secondary N) is 2. The summed E-state index contributed by atoms with van der Waals surface area (Å²) >= 11 is 0. The van der Waals surface area contributed by atoms with Crippen LogP contribution < -0.4 is 10.6 Å². The third-order valence-corrected chi connectivity index (χ3v) is 3.39. The first-order valence-electron chi connectivity index (χ1n) is 7.59. The van der Waals surface area contributed by atoms with Gasteiger partial charge in [0.1, 0.15) is 23.9 Å². The Labute approximate surface area is 157 Å². The highest BCUT2D eigenvalue weighted by molar-refractivity contribution is 14.0. The second-order valence-corrected chi connectivity index (χ2v) is 5.22. The molecule has 2 aromatic rings. The van der Waals surface area contributed by atoms with Crippen LogP contribution in [0.25, 0.3) is 0 Å². The molecule has 0 aliphatic heterocycles. The molecule has 2 N–H and O–H groups in total. The van der Waals surface area contributed by atoms with Gasteiger partial charge in [0.05, 0.1) is 6.26 Å². The van der Waals surface area contributed by atoms with E-state index in [4.69, 9.17) is 4.42 Å². The molecule has 2 rings (SSSR count). The maximum atomic E-state index is 13.8. The lowest BCUT2D eigenvalue weighted by atomic mass is 10.0. The SMILES string of the molecule is CCNC(=NCc1ccco1)NCC(C)c1ccc(F)cc1F.I. The minimum absolute atomic E-state index is 0. The van der Waals surface area contributed by atoms with Crippen LogP contribution in [0.2, 0.25) is 0 Å². The summed E-state index contributed by atoms with van der Waals surface area (Å²) in [5.74, 6) is 0.165. The summed E-state index contributed by atoms with van der Waals surface area (Å²) in [6, 6.07) is 7.31. The average molecular weight is 449 g/mol. The quantitative estimate of drug-likeness (QED) is 0.398. The van der Waals surface area contributed by atoms with Crippen molar-refractivity contribution in [2.24, 2.45) is 4.99 Å². The zero-order valence-electron chi connectivity index (χ0n) is 13.7. The van der Waals surface area contributed by atoms with Crippen molar-refractivity contribution in [3.63, 3.8) is 0 Å². The lowest BCUT2D eigenvalue weighted by molar-refractivity contribution is 0.511. The van der Waals surface area contributed by atoms with E-state index in [2.05, 4.69) is 15.6 Å². The number of guanidine groups is 1. The Hall–Kier alpha value is -1.64. The number of nitrogens with zero attached hydrogens (tertiary/aromatic N) is 1. The summed E-state index contributed by atoms with van der Waals surface area (Å²) in [6.45, 7) is 5.45. The van der Waals surface area contributed by atoms with Crippen molar-refractivity contribution >= 4 is 29.9 Å². The van der Waals surface area contributed by atoms with Crippen LogP contribution in [0.15, 0.2) is 46.0 Å². The van der Waals surface area contributed by atoms with Crippen LogP contribution in [0.1, 0.15) is 31.1 Å². The fourth-order valence-corrected chi connectivity index (χ4v) is 2.16. The topological polar surface area (TPSA) is 49.6 Å². The van der Waals surface area contributed by atoms with Gasteiger partial charge in [-0.25, -0.2) is 13.8 Å². The lowest BCUT2D eigenvalue weighted by Crippen LogP contribution is -2.39. The Morgan fingerprint density at radius 3 is 2.67 bits per heavy atom. The van der Waals surface area contributed by atoms with E-state index < -0.39 is 11.6 Å². The lowest BCUT2D eigenvalue weighted by Gasteiger charge is -2.16. The van der Waals surface area contributed by atoms with Crippen molar-refractivity contribution in [3.05, 3.63) is 59.6 Å². The van der Waals surface area contributed by atoms with Gasteiger partial charge in [-0.1, -0.05) is 13.0 Å². The average Bonchev–Trinajstić information content (AvgIpc) is 3.03. The first kappa shape index (κ1) is 20.4. The monoisotopic (exact) mass is 449 g/mol. The summed E-state index contributed by atoms with van der Waals surface area (Å²) in [6.07, 6.45) is 1.60. The first-order valence-corrected chi connectivity index (χ1v) is 7.59. The highest BCUT2D eigenvalue weighted by atomic mass is 127. The predicted molar refractivity (Wildman–Crippen MR) is 102 cm³/mol. The molecule has 0 saturated heterocycles. The third kappa shape index (κ3) is 6.10. The molecule has 0 aliphatic carbocycles. The van der Waals surface area contributed by atoms with E-state index in [0.717, 1.165) is 11.8 Å². The molecular weight excluding hydrogens is 427 g/mol. The molecule has 0 aliphatic rings. The summed E-state index contributed by atoms with van der Waals surface area (Å²) < 4.78 is 32.0. The smallest absolute Gasteiger partial charge is 0.191 e. The summed E-state index contributed by atoms with van der Waals surface area (Å²) in [7, 11) is 0. The van der Waals surface area contributed by atoms with E-state index in [0.29, 0.717) is 31.2 Å². The maximum absolute atomic E-state index is 13.8. The molecule has 0 radical (unpaired) electrons. The van der Waals surface area contributed by atoms with Crippen molar-refractivity contribution < 1.29 is 13.2 Å². The minimum atomic E-state index is -0.570. The molecular formula is C17H22F2IN3O. The van der Waals surface area contributed by atoms with Gasteiger partial charge < -0.3 is 15.1 Å². The number of hydrogen-bond acceptors (Lipinski definition) is 2. The van der Waals surface area contributed by atoms with Crippen molar-refractivity contribution in [2.45, 2.75) is 26.3 Å². The molecule has 7 heteroatoms. The van der Waals surface area contributed by atoms with Gasteiger partial charge in [0.15, 0.2) is 5.96 Å². The number of aliphatic imine (C=N–C) groups is 1. The molecule has 4 nitrogen and oxygen atoms in total. The Balaban J connectivity index is 0.00000288. The van der Waals surface area contributed by atoms with Crippen LogP contribution >= 0.6 is 24.0 Å². The van der Waals surface area contributed by atoms with Crippen LogP contribution in [-0.2, 0) is 6.54 Å². The van der Waals surface area contributed by atoms with Crippen molar-refractivity contribution in [2.75, 3.05) is 13.1 Å². The van der Waals surface area contributed by atoms with Crippen molar-refractivity contribution in [1.29, 1.82) is 0 Å². The largest absolute Gasteiger partial charge is 0.467 e. The maximum Gasteiger partial charge on any atom is 0.191 e. The second kappa shape index (κ2) is 10.3. The van der Waals surface area contributed by atoms with Gasteiger partial charge in [-0.15, -0.1) is 24.0 Å². The molecule has 0 spiro atoms. The van der Waals surface area contributed by atoms with Crippen LogP contribution in [0, 0.1) is 11.6 Å². The highest BCUT2D eigenvalue weighted by Gasteiger charge is 2.12. The Morgan fingerprint density at radius 2 is 2.04 bits per heavy atom.